The quantitative estimate of drug-likeness (QED) is 0.289. The predicted octanol–water partition coefficient (Wildman–Crippen LogP) is -5.16. The Morgan fingerprint density at radius 2 is 0.818 bits per heavy atom. The maximum Gasteiger partial charge on any atom is 0.0704 e. The Labute approximate surface area is 75.9 Å². The number of hydrogen-bond donors (Lipinski definition) is 0. The first-order valence-corrected chi connectivity index (χ1v) is 5.47. The van der Waals surface area contributed by atoms with Crippen molar-refractivity contribution >= 4 is 64.0 Å². The first-order chi connectivity index (χ1) is 5.47. The van der Waals surface area contributed by atoms with Crippen LogP contribution in [0.25, 0.3) is 0 Å². The van der Waals surface area contributed by atoms with Gasteiger partial charge in [-0.15, -0.1) is 11.4 Å². The van der Waals surface area contributed by atoms with Crippen molar-refractivity contribution in [2.45, 2.75) is 11.4 Å². The summed E-state index contributed by atoms with van der Waals surface area (Å²) in [7, 11) is 13.9. The zero-order chi connectivity index (χ0) is 7.52. The summed E-state index contributed by atoms with van der Waals surface area (Å²) in [4.78, 5) is 0. The molecule has 9 heteroatoms. The SMILES string of the molecule is B1BBC2BBBBC2BB1. The average Bonchev–Trinajstić information content (AvgIpc) is 2.28. The van der Waals surface area contributed by atoms with Gasteiger partial charge in [-0.1, -0.05) is 0 Å². The van der Waals surface area contributed by atoms with E-state index >= 15 is 0 Å². The molecule has 2 unspecified atom stereocenters. The van der Waals surface area contributed by atoms with E-state index in [1.54, 1.807) is 28.7 Å². The molecule has 46 valence electrons. The first-order valence-electron chi connectivity index (χ1n) is 5.47. The van der Waals surface area contributed by atoms with Crippen LogP contribution in [0.3, 0.4) is 0 Å². The van der Waals surface area contributed by atoms with Crippen LogP contribution >= 0.6 is 0 Å². The van der Waals surface area contributed by atoms with Crippen LogP contribution in [0.1, 0.15) is 0 Å². The van der Waals surface area contributed by atoms with Gasteiger partial charge in [0, 0.05) is 35.3 Å². The van der Waals surface area contributed by atoms with E-state index in [0.29, 0.717) is 0 Å². The van der Waals surface area contributed by atoms with E-state index in [1.165, 1.54) is 35.3 Å². The lowest BCUT2D eigenvalue weighted by Crippen LogP contribution is -2.40. The van der Waals surface area contributed by atoms with E-state index in [4.69, 9.17) is 0 Å². The normalized spacial score (nSPS) is 32.7. The Balaban J connectivity index is 1.93. The summed E-state index contributed by atoms with van der Waals surface area (Å²) in [5.74, 6) is 0. The van der Waals surface area contributed by atoms with Gasteiger partial charge in [0.25, 0.3) is 0 Å². The molecule has 0 saturated carbocycles. The number of fused-ring (bicyclic) bond motifs is 1. The highest BCUT2D eigenvalue weighted by Gasteiger charge is 2.29. The molecule has 2 heterocycles. The molecule has 0 aromatic carbocycles. The molecule has 0 spiro atoms. The molecular weight excluding hydrogens is 121 g/mol. The molecule has 11 heavy (non-hydrogen) atoms. The molecule has 0 aliphatic carbocycles. The van der Waals surface area contributed by atoms with E-state index in [2.05, 4.69) is 0 Å². The second-order valence-electron chi connectivity index (χ2n) is 4.44. The molecule has 0 aromatic heterocycles. The van der Waals surface area contributed by atoms with Crippen molar-refractivity contribution in [1.29, 1.82) is 0 Å². The van der Waals surface area contributed by atoms with Crippen LogP contribution in [0, 0.1) is 0 Å². The number of hydrogen-bond acceptors (Lipinski definition) is 0. The van der Waals surface area contributed by atoms with Crippen molar-refractivity contribution in [3.8, 4) is 0 Å². The van der Waals surface area contributed by atoms with Gasteiger partial charge in [0.2, 0.25) is 0 Å². The van der Waals surface area contributed by atoms with Crippen molar-refractivity contribution in [2.24, 2.45) is 0 Å². The Hall–Kier alpha value is 0.584. The van der Waals surface area contributed by atoms with Gasteiger partial charge in [-0.3, -0.25) is 0 Å². The Morgan fingerprint density at radius 1 is 0.455 bits per heavy atom. The standard InChI is InChI=1S/C2H11B9/c3-1-2(4-8-7-3)6-10-11-9-5-1/h1-11H. The summed E-state index contributed by atoms with van der Waals surface area (Å²) in [5.41, 5.74) is 2.29. The van der Waals surface area contributed by atoms with Gasteiger partial charge in [0.05, 0.1) is 28.7 Å². The second-order valence-corrected chi connectivity index (χ2v) is 4.44. The molecule has 0 amide bonds. The molecular formula is C2H11B9. The summed E-state index contributed by atoms with van der Waals surface area (Å²) in [5, 5.41) is 0. The van der Waals surface area contributed by atoms with Crippen LogP contribution in [-0.4, -0.2) is 64.0 Å². The average molecular weight is 132 g/mol. The van der Waals surface area contributed by atoms with Crippen LogP contribution in [0.2, 0.25) is 11.4 Å². The van der Waals surface area contributed by atoms with Crippen molar-refractivity contribution in [1.82, 2.24) is 0 Å². The summed E-state index contributed by atoms with van der Waals surface area (Å²) >= 11 is 0. The minimum atomic E-state index is 1.14. The Bertz CT molecular complexity index is 111. The van der Waals surface area contributed by atoms with Crippen molar-refractivity contribution in [3.63, 3.8) is 0 Å². The van der Waals surface area contributed by atoms with Gasteiger partial charge in [-0.2, -0.15) is 0 Å². The smallest absolute Gasteiger partial charge is 0.0704 e. The molecule has 0 nitrogen and oxygen atoms in total. The van der Waals surface area contributed by atoms with Crippen LogP contribution in [0.5, 0.6) is 0 Å². The molecule has 0 aromatic rings. The lowest BCUT2D eigenvalue weighted by molar-refractivity contribution is 1.23. The summed E-state index contributed by atoms with van der Waals surface area (Å²) in [6.07, 6.45) is 0. The van der Waals surface area contributed by atoms with Crippen LogP contribution < -0.4 is 0 Å². The molecule has 0 radical (unpaired) electrons. The van der Waals surface area contributed by atoms with Gasteiger partial charge in [-0.05, 0) is 0 Å². The van der Waals surface area contributed by atoms with Crippen molar-refractivity contribution < 1.29 is 0 Å². The lowest BCUT2D eigenvalue weighted by Gasteiger charge is -2.27. The van der Waals surface area contributed by atoms with Gasteiger partial charge < -0.3 is 0 Å². The van der Waals surface area contributed by atoms with E-state index in [1.807, 2.05) is 0 Å². The van der Waals surface area contributed by atoms with Crippen molar-refractivity contribution in [2.75, 3.05) is 0 Å². The van der Waals surface area contributed by atoms with E-state index in [0.717, 1.165) is 11.4 Å². The molecule has 2 fully saturated rings. The Kier molecular flexibility index (Phi) is 2.98. The second kappa shape index (κ2) is 4.00. The fourth-order valence-electron chi connectivity index (χ4n) is 3.03. The topological polar surface area (TPSA) is 0 Å². The van der Waals surface area contributed by atoms with Crippen molar-refractivity contribution in [3.05, 3.63) is 0 Å². The maximum absolute atomic E-state index is 1.56. The molecule has 2 aliphatic heterocycles. The van der Waals surface area contributed by atoms with Crippen LogP contribution in [-0.2, 0) is 0 Å². The van der Waals surface area contributed by atoms with E-state index in [-0.39, 0.29) is 0 Å². The van der Waals surface area contributed by atoms with Crippen LogP contribution in [0.15, 0.2) is 0 Å². The third-order valence-corrected chi connectivity index (χ3v) is 3.72. The predicted molar refractivity (Wildman–Crippen MR) is 71.8 cm³/mol. The lowest BCUT2D eigenvalue weighted by atomic mass is 8.93. The summed E-state index contributed by atoms with van der Waals surface area (Å²) < 4.78 is 0. The van der Waals surface area contributed by atoms with E-state index < -0.39 is 0 Å². The highest BCUT2D eigenvalue weighted by molar-refractivity contribution is 7.58. The molecule has 0 bridgehead atoms. The van der Waals surface area contributed by atoms with Gasteiger partial charge in [0.15, 0.2) is 0 Å². The highest BCUT2D eigenvalue weighted by atomic mass is 13.8. The number of rotatable bonds is 0. The molecule has 2 atom stereocenters. The summed E-state index contributed by atoms with van der Waals surface area (Å²) in [6.45, 7) is 0. The fraction of sp³-hybridized carbons (Fsp3) is 1.00. The molecule has 0 N–H and O–H groups in total. The van der Waals surface area contributed by atoms with Gasteiger partial charge in [0.1, 0.15) is 0 Å². The van der Waals surface area contributed by atoms with Gasteiger partial charge >= 0.3 is 0 Å². The molecule has 2 saturated heterocycles. The Morgan fingerprint density at radius 3 is 1.27 bits per heavy atom. The first kappa shape index (κ1) is 8.19. The van der Waals surface area contributed by atoms with Crippen LogP contribution in [0.4, 0.5) is 0 Å². The van der Waals surface area contributed by atoms with Gasteiger partial charge in [-0.25, -0.2) is 0 Å². The molecule has 2 rings (SSSR count). The highest BCUT2D eigenvalue weighted by Crippen LogP contribution is 2.22. The molecule has 2 aliphatic rings. The summed E-state index contributed by atoms with van der Waals surface area (Å²) in [6, 6.07) is 0. The minimum Gasteiger partial charge on any atom is -0.115 e. The fourth-order valence-corrected chi connectivity index (χ4v) is 3.03. The maximum atomic E-state index is 1.56. The third-order valence-electron chi connectivity index (χ3n) is 3.72. The largest absolute Gasteiger partial charge is 0.115 e. The monoisotopic (exact) mass is 134 g/mol. The van der Waals surface area contributed by atoms with E-state index in [9.17, 15) is 0 Å². The zero-order valence-corrected chi connectivity index (χ0v) is 7.52. The minimum absolute atomic E-state index is 1.14. The zero-order valence-electron chi connectivity index (χ0n) is 7.52. The third kappa shape index (κ3) is 2.03.